The summed E-state index contributed by atoms with van der Waals surface area (Å²) in [5, 5.41) is 3.09. The van der Waals surface area contributed by atoms with E-state index in [9.17, 15) is 9.59 Å². The lowest BCUT2D eigenvalue weighted by atomic mass is 9.98. The summed E-state index contributed by atoms with van der Waals surface area (Å²) in [6.07, 6.45) is 1.76. The minimum absolute atomic E-state index is 0.219. The van der Waals surface area contributed by atoms with Crippen LogP contribution in [-0.2, 0) is 14.3 Å². The zero-order valence-corrected chi connectivity index (χ0v) is 13.6. The van der Waals surface area contributed by atoms with Crippen LogP contribution in [0, 0.1) is 5.92 Å². The molecule has 1 amide bonds. The van der Waals surface area contributed by atoms with E-state index in [2.05, 4.69) is 5.32 Å². The summed E-state index contributed by atoms with van der Waals surface area (Å²) in [5.74, 6) is 0.109. The Morgan fingerprint density at radius 1 is 1.33 bits per heavy atom. The second-order valence-electron chi connectivity index (χ2n) is 6.37. The fourth-order valence-corrected chi connectivity index (χ4v) is 2.31. The summed E-state index contributed by atoms with van der Waals surface area (Å²) in [6.45, 7) is 10.1. The van der Waals surface area contributed by atoms with Crippen LogP contribution in [0.3, 0.4) is 0 Å². The summed E-state index contributed by atoms with van der Waals surface area (Å²) in [6, 6.07) is 0. The van der Waals surface area contributed by atoms with Gasteiger partial charge in [-0.25, -0.2) is 4.79 Å². The third-order valence-electron chi connectivity index (χ3n) is 3.18. The molecule has 0 radical (unpaired) electrons. The monoisotopic (exact) mass is 300 g/mol. The van der Waals surface area contributed by atoms with Gasteiger partial charge in [-0.3, -0.25) is 4.79 Å². The molecule has 1 aliphatic rings. The molecule has 1 aliphatic heterocycles. The standard InChI is InChI=1S/C15H28N2O4/c1-5-20-13(18)10-16-9-12-7-6-8-17(11-12)14(19)21-15(2,3)4/h12,16H,5-11H2,1-4H3. The second kappa shape index (κ2) is 8.22. The van der Waals surface area contributed by atoms with E-state index >= 15 is 0 Å². The number of carbonyl (C=O) groups is 2. The van der Waals surface area contributed by atoms with E-state index in [0.29, 0.717) is 25.6 Å². The average molecular weight is 300 g/mol. The predicted molar refractivity (Wildman–Crippen MR) is 80.0 cm³/mol. The quantitative estimate of drug-likeness (QED) is 0.784. The van der Waals surface area contributed by atoms with Gasteiger partial charge in [-0.2, -0.15) is 0 Å². The van der Waals surface area contributed by atoms with Crippen LogP contribution in [0.4, 0.5) is 4.79 Å². The van der Waals surface area contributed by atoms with Gasteiger partial charge >= 0.3 is 12.1 Å². The molecule has 21 heavy (non-hydrogen) atoms. The Balaban J connectivity index is 2.32. The van der Waals surface area contributed by atoms with Gasteiger partial charge in [-0.15, -0.1) is 0 Å². The third-order valence-corrected chi connectivity index (χ3v) is 3.18. The number of hydrogen-bond acceptors (Lipinski definition) is 5. The lowest BCUT2D eigenvalue weighted by molar-refractivity contribution is -0.142. The first-order chi connectivity index (χ1) is 9.81. The highest BCUT2D eigenvalue weighted by molar-refractivity contribution is 5.71. The van der Waals surface area contributed by atoms with E-state index in [4.69, 9.17) is 9.47 Å². The van der Waals surface area contributed by atoms with Crippen molar-refractivity contribution < 1.29 is 19.1 Å². The zero-order chi connectivity index (χ0) is 15.9. The fraction of sp³-hybridized carbons (Fsp3) is 0.867. The molecule has 1 unspecified atom stereocenters. The number of rotatable bonds is 5. The van der Waals surface area contributed by atoms with Gasteiger partial charge in [-0.1, -0.05) is 0 Å². The average Bonchev–Trinajstić information content (AvgIpc) is 2.37. The molecule has 1 heterocycles. The van der Waals surface area contributed by atoms with E-state index in [1.165, 1.54) is 0 Å². The van der Waals surface area contributed by atoms with E-state index in [0.717, 1.165) is 19.4 Å². The first-order valence-corrected chi connectivity index (χ1v) is 7.66. The molecule has 0 spiro atoms. The van der Waals surface area contributed by atoms with Crippen molar-refractivity contribution in [3.63, 3.8) is 0 Å². The molecule has 1 saturated heterocycles. The normalized spacial score (nSPS) is 19.2. The Morgan fingerprint density at radius 3 is 2.67 bits per heavy atom. The lowest BCUT2D eigenvalue weighted by Gasteiger charge is -2.34. The van der Waals surface area contributed by atoms with Crippen molar-refractivity contribution in [3.8, 4) is 0 Å². The highest BCUT2D eigenvalue weighted by Gasteiger charge is 2.27. The molecule has 0 bridgehead atoms. The SMILES string of the molecule is CCOC(=O)CNCC1CCCN(C(=O)OC(C)(C)C)C1. The Hall–Kier alpha value is -1.30. The fourth-order valence-electron chi connectivity index (χ4n) is 2.31. The molecular formula is C15H28N2O4. The number of ether oxygens (including phenoxy) is 2. The maximum Gasteiger partial charge on any atom is 0.410 e. The molecule has 1 atom stereocenters. The van der Waals surface area contributed by atoms with E-state index in [1.54, 1.807) is 11.8 Å². The Morgan fingerprint density at radius 2 is 2.05 bits per heavy atom. The van der Waals surface area contributed by atoms with Gasteiger partial charge in [-0.05, 0) is 46.5 Å². The number of carbonyl (C=O) groups excluding carboxylic acids is 2. The number of nitrogens with one attached hydrogen (secondary N) is 1. The minimum Gasteiger partial charge on any atom is -0.465 e. The third kappa shape index (κ3) is 7.32. The van der Waals surface area contributed by atoms with Crippen molar-refractivity contribution in [1.82, 2.24) is 10.2 Å². The molecule has 0 aromatic carbocycles. The van der Waals surface area contributed by atoms with E-state index < -0.39 is 5.60 Å². The van der Waals surface area contributed by atoms with Crippen LogP contribution in [0.25, 0.3) is 0 Å². The largest absolute Gasteiger partial charge is 0.465 e. The summed E-state index contributed by atoms with van der Waals surface area (Å²) < 4.78 is 10.3. The summed E-state index contributed by atoms with van der Waals surface area (Å²) in [4.78, 5) is 25.0. The molecule has 1 fully saturated rings. The van der Waals surface area contributed by atoms with Crippen molar-refractivity contribution in [2.45, 2.75) is 46.1 Å². The van der Waals surface area contributed by atoms with Gasteiger partial charge in [0.2, 0.25) is 0 Å². The van der Waals surface area contributed by atoms with Gasteiger partial charge in [0.25, 0.3) is 0 Å². The highest BCUT2D eigenvalue weighted by atomic mass is 16.6. The number of amides is 1. The molecular weight excluding hydrogens is 272 g/mol. The van der Waals surface area contributed by atoms with Gasteiger partial charge in [0.1, 0.15) is 5.60 Å². The van der Waals surface area contributed by atoms with Gasteiger partial charge in [0, 0.05) is 19.6 Å². The first kappa shape index (κ1) is 17.8. The van der Waals surface area contributed by atoms with Crippen molar-refractivity contribution in [2.75, 3.05) is 32.8 Å². The molecule has 1 rings (SSSR count). The summed E-state index contributed by atoms with van der Waals surface area (Å²) in [7, 11) is 0. The maximum absolute atomic E-state index is 12.0. The Bertz CT molecular complexity index is 352. The Kier molecular flexibility index (Phi) is 6.95. The predicted octanol–water partition coefficient (Wildman–Crippen LogP) is 1.79. The topological polar surface area (TPSA) is 67.9 Å². The summed E-state index contributed by atoms with van der Waals surface area (Å²) in [5.41, 5.74) is -0.466. The van der Waals surface area contributed by atoms with Crippen molar-refractivity contribution >= 4 is 12.1 Å². The molecule has 0 aliphatic carbocycles. The van der Waals surface area contributed by atoms with Crippen molar-refractivity contribution in [1.29, 1.82) is 0 Å². The van der Waals surface area contributed by atoms with Crippen LogP contribution in [0.2, 0.25) is 0 Å². The number of piperidine rings is 1. The molecule has 6 nitrogen and oxygen atoms in total. The molecule has 0 aromatic heterocycles. The van der Waals surface area contributed by atoms with Crippen LogP contribution in [0.5, 0.6) is 0 Å². The van der Waals surface area contributed by atoms with Crippen LogP contribution in [-0.4, -0.2) is 55.3 Å². The maximum atomic E-state index is 12.0. The van der Waals surface area contributed by atoms with Crippen molar-refractivity contribution in [3.05, 3.63) is 0 Å². The second-order valence-corrected chi connectivity index (χ2v) is 6.37. The Labute approximate surface area is 127 Å². The van der Waals surface area contributed by atoms with Gasteiger partial charge in [0.05, 0.1) is 13.2 Å². The van der Waals surface area contributed by atoms with Crippen LogP contribution in [0.15, 0.2) is 0 Å². The number of nitrogens with zero attached hydrogens (tertiary/aromatic N) is 1. The summed E-state index contributed by atoms with van der Waals surface area (Å²) >= 11 is 0. The smallest absolute Gasteiger partial charge is 0.410 e. The molecule has 0 saturated carbocycles. The number of likely N-dealkylation sites (tertiary alicyclic amines) is 1. The molecule has 6 heteroatoms. The molecule has 122 valence electrons. The number of esters is 1. The zero-order valence-electron chi connectivity index (χ0n) is 13.6. The molecule has 1 N–H and O–H groups in total. The van der Waals surface area contributed by atoms with Crippen LogP contribution >= 0.6 is 0 Å². The van der Waals surface area contributed by atoms with Gasteiger partial charge in [0.15, 0.2) is 0 Å². The molecule has 0 aromatic rings. The number of hydrogen-bond donors (Lipinski definition) is 1. The highest BCUT2D eigenvalue weighted by Crippen LogP contribution is 2.18. The van der Waals surface area contributed by atoms with E-state index in [-0.39, 0.29) is 18.6 Å². The van der Waals surface area contributed by atoms with Crippen molar-refractivity contribution in [2.24, 2.45) is 5.92 Å². The first-order valence-electron chi connectivity index (χ1n) is 7.66. The minimum atomic E-state index is -0.466. The lowest BCUT2D eigenvalue weighted by Crippen LogP contribution is -2.45. The van der Waals surface area contributed by atoms with E-state index in [1.807, 2.05) is 20.8 Å². The van der Waals surface area contributed by atoms with Gasteiger partial charge < -0.3 is 19.7 Å². The van der Waals surface area contributed by atoms with Crippen LogP contribution < -0.4 is 5.32 Å². The van der Waals surface area contributed by atoms with Crippen LogP contribution in [0.1, 0.15) is 40.5 Å².